The minimum Gasteiger partial charge on any atom is -0.492 e. The number of rotatable bonds is 3. The van der Waals surface area contributed by atoms with Crippen LogP contribution < -0.4 is 4.74 Å². The Morgan fingerprint density at radius 1 is 1.56 bits per heavy atom. The summed E-state index contributed by atoms with van der Waals surface area (Å²) in [6.45, 7) is 2.02. The molecule has 2 heterocycles. The molecule has 2 aromatic heterocycles. The van der Waals surface area contributed by atoms with Gasteiger partial charge in [0.1, 0.15) is 0 Å². The minimum atomic E-state index is -0.532. The molecular formula is C11H11NO4. The van der Waals surface area contributed by atoms with Gasteiger partial charge in [0.05, 0.1) is 25.3 Å². The van der Waals surface area contributed by atoms with Gasteiger partial charge in [-0.3, -0.25) is 4.98 Å². The lowest BCUT2D eigenvalue weighted by atomic mass is 10.3. The molecule has 0 aliphatic rings. The molecule has 0 saturated heterocycles. The van der Waals surface area contributed by atoms with Gasteiger partial charge in [0, 0.05) is 6.20 Å². The van der Waals surface area contributed by atoms with Gasteiger partial charge in [-0.05, 0) is 13.0 Å². The Hall–Kier alpha value is -2.04. The van der Waals surface area contributed by atoms with E-state index in [1.807, 2.05) is 0 Å². The van der Waals surface area contributed by atoms with E-state index in [4.69, 9.17) is 13.9 Å². The molecule has 0 radical (unpaired) electrons. The maximum Gasteiger partial charge on any atom is 0.378 e. The maximum absolute atomic E-state index is 11.6. The number of esters is 1. The molecule has 2 aromatic rings. The first-order valence-corrected chi connectivity index (χ1v) is 4.85. The highest BCUT2D eigenvalue weighted by Crippen LogP contribution is 2.32. The molecule has 0 fully saturated rings. The van der Waals surface area contributed by atoms with E-state index in [-0.39, 0.29) is 12.4 Å². The molecule has 5 nitrogen and oxygen atoms in total. The fourth-order valence-electron chi connectivity index (χ4n) is 1.46. The van der Waals surface area contributed by atoms with Crippen molar-refractivity contribution < 1.29 is 18.7 Å². The van der Waals surface area contributed by atoms with Crippen molar-refractivity contribution in [3.8, 4) is 5.75 Å². The van der Waals surface area contributed by atoms with Gasteiger partial charge in [-0.2, -0.15) is 0 Å². The number of nitrogens with zero attached hydrogens (tertiary/aromatic N) is 1. The third-order valence-electron chi connectivity index (χ3n) is 2.11. The zero-order valence-corrected chi connectivity index (χ0v) is 9.02. The molecule has 0 aliphatic heterocycles. The van der Waals surface area contributed by atoms with E-state index >= 15 is 0 Å². The van der Waals surface area contributed by atoms with E-state index in [1.54, 1.807) is 19.2 Å². The first-order valence-electron chi connectivity index (χ1n) is 4.85. The molecular weight excluding hydrogens is 210 g/mol. The van der Waals surface area contributed by atoms with E-state index in [1.165, 1.54) is 13.3 Å². The molecule has 0 aromatic carbocycles. The Morgan fingerprint density at radius 3 is 3.06 bits per heavy atom. The van der Waals surface area contributed by atoms with E-state index in [0.29, 0.717) is 16.7 Å². The summed E-state index contributed by atoms with van der Waals surface area (Å²) in [5.74, 6) is -0.0706. The summed E-state index contributed by atoms with van der Waals surface area (Å²) in [5, 5.41) is 0.709. The van der Waals surface area contributed by atoms with E-state index in [0.717, 1.165) is 0 Å². The van der Waals surface area contributed by atoms with Crippen molar-refractivity contribution in [3.63, 3.8) is 0 Å². The zero-order valence-electron chi connectivity index (χ0n) is 9.02. The minimum absolute atomic E-state index is 0.0763. The SMILES string of the molecule is CCOC(=O)c1oc2cnccc2c1OC. The predicted molar refractivity (Wildman–Crippen MR) is 56.5 cm³/mol. The first-order chi connectivity index (χ1) is 7.77. The molecule has 0 atom stereocenters. The fourth-order valence-corrected chi connectivity index (χ4v) is 1.46. The van der Waals surface area contributed by atoms with Gasteiger partial charge in [0.15, 0.2) is 11.3 Å². The van der Waals surface area contributed by atoms with Crippen molar-refractivity contribution >= 4 is 16.9 Å². The number of carbonyl (C=O) groups excluding carboxylic acids is 1. The standard InChI is InChI=1S/C11H11NO4/c1-3-15-11(13)10-9(14-2)7-4-5-12-6-8(7)16-10/h4-6H,3H2,1-2H3. The van der Waals surface area contributed by atoms with Gasteiger partial charge < -0.3 is 13.9 Å². The lowest BCUT2D eigenvalue weighted by molar-refractivity contribution is 0.0488. The zero-order chi connectivity index (χ0) is 11.5. The second-order valence-electron chi connectivity index (χ2n) is 3.06. The normalized spacial score (nSPS) is 10.4. The summed E-state index contributed by atoms with van der Waals surface area (Å²) < 4.78 is 15.4. The summed E-state index contributed by atoms with van der Waals surface area (Å²) in [7, 11) is 1.48. The topological polar surface area (TPSA) is 61.6 Å². The van der Waals surface area contributed by atoms with Crippen LogP contribution in [0.15, 0.2) is 22.9 Å². The van der Waals surface area contributed by atoms with Gasteiger partial charge in [0.2, 0.25) is 0 Å². The molecule has 84 valence electrons. The summed E-state index contributed by atoms with van der Waals surface area (Å²) in [5.41, 5.74) is 0.502. The van der Waals surface area contributed by atoms with Crippen LogP contribution in [0, 0.1) is 0 Å². The van der Waals surface area contributed by atoms with Crippen LogP contribution in [0.3, 0.4) is 0 Å². The third-order valence-corrected chi connectivity index (χ3v) is 2.11. The summed E-state index contributed by atoms with van der Waals surface area (Å²) >= 11 is 0. The van der Waals surface area contributed by atoms with E-state index < -0.39 is 5.97 Å². The number of aromatic nitrogens is 1. The Labute approximate surface area is 92.0 Å². The highest BCUT2D eigenvalue weighted by atomic mass is 16.5. The molecule has 0 saturated carbocycles. The number of pyridine rings is 1. The van der Waals surface area contributed by atoms with Crippen molar-refractivity contribution in [2.75, 3.05) is 13.7 Å². The van der Waals surface area contributed by atoms with Crippen LogP contribution in [-0.2, 0) is 4.74 Å². The van der Waals surface area contributed by atoms with Gasteiger partial charge in [-0.1, -0.05) is 0 Å². The van der Waals surface area contributed by atoms with Gasteiger partial charge >= 0.3 is 5.97 Å². The highest BCUT2D eigenvalue weighted by molar-refractivity contribution is 5.98. The number of carbonyl (C=O) groups is 1. The second-order valence-corrected chi connectivity index (χ2v) is 3.06. The van der Waals surface area contributed by atoms with E-state index in [9.17, 15) is 4.79 Å². The van der Waals surface area contributed by atoms with Crippen LogP contribution in [0.25, 0.3) is 11.0 Å². The van der Waals surface area contributed by atoms with Crippen LogP contribution in [0.1, 0.15) is 17.5 Å². The Bertz CT molecular complexity index is 518. The van der Waals surface area contributed by atoms with Crippen molar-refractivity contribution in [1.29, 1.82) is 0 Å². The molecule has 0 bridgehead atoms. The molecule has 0 N–H and O–H groups in total. The molecule has 2 rings (SSSR count). The van der Waals surface area contributed by atoms with Crippen molar-refractivity contribution in [2.45, 2.75) is 6.92 Å². The fraction of sp³-hybridized carbons (Fsp3) is 0.273. The number of furan rings is 1. The van der Waals surface area contributed by atoms with Gasteiger partial charge in [0.25, 0.3) is 5.76 Å². The van der Waals surface area contributed by atoms with Crippen LogP contribution in [0.5, 0.6) is 5.75 Å². The maximum atomic E-state index is 11.6. The Balaban J connectivity index is 2.56. The molecule has 0 spiro atoms. The molecule has 5 heteroatoms. The highest BCUT2D eigenvalue weighted by Gasteiger charge is 2.22. The van der Waals surface area contributed by atoms with Crippen LogP contribution in [0.4, 0.5) is 0 Å². The summed E-state index contributed by atoms with van der Waals surface area (Å²) in [6.07, 6.45) is 3.13. The number of fused-ring (bicyclic) bond motifs is 1. The van der Waals surface area contributed by atoms with Crippen molar-refractivity contribution in [2.24, 2.45) is 0 Å². The molecule has 16 heavy (non-hydrogen) atoms. The largest absolute Gasteiger partial charge is 0.492 e. The van der Waals surface area contributed by atoms with E-state index in [2.05, 4.69) is 4.98 Å². The van der Waals surface area contributed by atoms with Gasteiger partial charge in [-0.25, -0.2) is 4.79 Å². The molecule has 0 aliphatic carbocycles. The summed E-state index contributed by atoms with van der Waals surface area (Å²) in [6, 6.07) is 1.72. The second kappa shape index (κ2) is 4.22. The number of hydrogen-bond donors (Lipinski definition) is 0. The van der Waals surface area contributed by atoms with Crippen LogP contribution in [0.2, 0.25) is 0 Å². The monoisotopic (exact) mass is 221 g/mol. The lowest BCUT2D eigenvalue weighted by Crippen LogP contribution is -2.04. The average Bonchev–Trinajstić information content (AvgIpc) is 2.67. The predicted octanol–water partition coefficient (Wildman–Crippen LogP) is 2.01. The lowest BCUT2D eigenvalue weighted by Gasteiger charge is -2.00. The van der Waals surface area contributed by atoms with Gasteiger partial charge in [-0.15, -0.1) is 0 Å². The Morgan fingerprint density at radius 2 is 2.38 bits per heavy atom. The number of methoxy groups -OCH3 is 1. The smallest absolute Gasteiger partial charge is 0.378 e. The number of hydrogen-bond acceptors (Lipinski definition) is 5. The summed E-state index contributed by atoms with van der Waals surface area (Å²) in [4.78, 5) is 15.5. The average molecular weight is 221 g/mol. The third kappa shape index (κ3) is 1.60. The first kappa shape index (κ1) is 10.5. The molecule has 0 unspecified atom stereocenters. The van der Waals surface area contributed by atoms with Crippen LogP contribution >= 0.6 is 0 Å². The quantitative estimate of drug-likeness (QED) is 0.742. The molecule has 0 amide bonds. The Kier molecular flexibility index (Phi) is 2.76. The van der Waals surface area contributed by atoms with Crippen molar-refractivity contribution in [1.82, 2.24) is 4.98 Å². The van der Waals surface area contributed by atoms with Crippen LogP contribution in [-0.4, -0.2) is 24.7 Å². The number of ether oxygens (including phenoxy) is 2. The van der Waals surface area contributed by atoms with Crippen molar-refractivity contribution in [3.05, 3.63) is 24.2 Å².